The van der Waals surface area contributed by atoms with Gasteiger partial charge in [-0.05, 0) is 25.4 Å². The molecule has 15 heavy (non-hydrogen) atoms. The van der Waals surface area contributed by atoms with Gasteiger partial charge < -0.3 is 10.1 Å². The normalized spacial score (nSPS) is 26.8. The van der Waals surface area contributed by atoms with Crippen molar-refractivity contribution in [3.05, 3.63) is 16.1 Å². The Kier molecular flexibility index (Phi) is 2.73. The number of nitrogens with one attached hydrogen (secondary N) is 1. The number of aromatic nitrogens is 1. The minimum atomic E-state index is 0.564. The average Bonchev–Trinajstić information content (AvgIpc) is 2.82. The predicted molar refractivity (Wildman–Crippen MR) is 60.4 cm³/mol. The Hall–Kier alpha value is -0.450. The summed E-state index contributed by atoms with van der Waals surface area (Å²) in [5.74, 6) is 1.39. The van der Waals surface area contributed by atoms with Gasteiger partial charge in [0.2, 0.25) is 0 Å². The molecule has 1 N–H and O–H groups in total. The van der Waals surface area contributed by atoms with Gasteiger partial charge in [-0.3, -0.25) is 0 Å². The van der Waals surface area contributed by atoms with E-state index in [1.807, 2.05) is 11.3 Å². The van der Waals surface area contributed by atoms with Crippen LogP contribution in [0.1, 0.15) is 23.0 Å². The van der Waals surface area contributed by atoms with Crippen LogP contribution < -0.4 is 5.32 Å². The van der Waals surface area contributed by atoms with E-state index >= 15 is 0 Å². The van der Waals surface area contributed by atoms with Gasteiger partial charge in [-0.2, -0.15) is 0 Å². The molecule has 0 bridgehead atoms. The zero-order chi connectivity index (χ0) is 10.1. The molecule has 3 nitrogen and oxygen atoms in total. The fourth-order valence-corrected chi connectivity index (χ4v) is 3.11. The van der Waals surface area contributed by atoms with Crippen LogP contribution in [0, 0.1) is 5.92 Å². The standard InChI is InChI=1S/C11H16N2OS/c1-2-14-6-9(1)10-7-15-11(13-10)3-8-4-12-5-8/h7-9,12H,1-6H2. The summed E-state index contributed by atoms with van der Waals surface area (Å²) >= 11 is 1.82. The molecular weight excluding hydrogens is 208 g/mol. The largest absolute Gasteiger partial charge is 0.381 e. The molecule has 2 saturated heterocycles. The van der Waals surface area contributed by atoms with Crippen LogP contribution in [0.15, 0.2) is 5.38 Å². The highest BCUT2D eigenvalue weighted by Crippen LogP contribution is 2.27. The van der Waals surface area contributed by atoms with E-state index in [1.165, 1.54) is 23.8 Å². The minimum absolute atomic E-state index is 0.564. The summed E-state index contributed by atoms with van der Waals surface area (Å²) < 4.78 is 5.39. The molecule has 1 aromatic heterocycles. The second-order valence-corrected chi connectivity index (χ2v) is 5.40. The van der Waals surface area contributed by atoms with Gasteiger partial charge in [0, 0.05) is 24.3 Å². The summed E-state index contributed by atoms with van der Waals surface area (Å²) in [5, 5.41) is 6.83. The van der Waals surface area contributed by atoms with Gasteiger partial charge in [-0.15, -0.1) is 11.3 Å². The van der Waals surface area contributed by atoms with E-state index in [0.717, 1.165) is 32.0 Å². The van der Waals surface area contributed by atoms with E-state index in [1.54, 1.807) is 0 Å². The summed E-state index contributed by atoms with van der Waals surface area (Å²) in [4.78, 5) is 4.72. The monoisotopic (exact) mass is 224 g/mol. The lowest BCUT2D eigenvalue weighted by Gasteiger charge is -2.25. The third-order valence-corrected chi connectivity index (χ3v) is 4.14. The molecule has 2 aliphatic heterocycles. The molecule has 3 rings (SSSR count). The Labute approximate surface area is 93.9 Å². The Morgan fingerprint density at radius 3 is 3.13 bits per heavy atom. The molecule has 2 fully saturated rings. The third kappa shape index (κ3) is 2.07. The second-order valence-electron chi connectivity index (χ2n) is 4.46. The van der Waals surface area contributed by atoms with Crippen LogP contribution in [-0.4, -0.2) is 31.3 Å². The maximum Gasteiger partial charge on any atom is 0.0932 e. The van der Waals surface area contributed by atoms with Crippen LogP contribution in [0.2, 0.25) is 0 Å². The van der Waals surface area contributed by atoms with E-state index in [9.17, 15) is 0 Å². The smallest absolute Gasteiger partial charge is 0.0932 e. The summed E-state index contributed by atoms with van der Waals surface area (Å²) in [6.07, 6.45) is 2.30. The van der Waals surface area contributed by atoms with Gasteiger partial charge in [0.25, 0.3) is 0 Å². The SMILES string of the molecule is c1sc(CC2CNC2)nc1C1CCOC1. The Morgan fingerprint density at radius 2 is 2.47 bits per heavy atom. The maximum absolute atomic E-state index is 5.39. The highest BCUT2D eigenvalue weighted by Gasteiger charge is 2.22. The molecular formula is C11H16N2OS. The first-order valence-corrected chi connectivity index (χ1v) is 6.52. The Balaban J connectivity index is 1.64. The van der Waals surface area contributed by atoms with Gasteiger partial charge in [0.15, 0.2) is 0 Å². The van der Waals surface area contributed by atoms with Crippen LogP contribution in [0.4, 0.5) is 0 Å². The predicted octanol–water partition coefficient (Wildman–Crippen LogP) is 1.41. The highest BCUT2D eigenvalue weighted by molar-refractivity contribution is 7.09. The van der Waals surface area contributed by atoms with Crippen molar-refractivity contribution in [2.45, 2.75) is 18.8 Å². The fraction of sp³-hybridized carbons (Fsp3) is 0.727. The molecule has 0 spiro atoms. The molecule has 1 aromatic rings. The van der Waals surface area contributed by atoms with E-state index in [0.29, 0.717) is 5.92 Å². The minimum Gasteiger partial charge on any atom is -0.381 e. The number of thiazole rings is 1. The average molecular weight is 224 g/mol. The molecule has 4 heteroatoms. The zero-order valence-electron chi connectivity index (χ0n) is 8.74. The van der Waals surface area contributed by atoms with Gasteiger partial charge >= 0.3 is 0 Å². The van der Waals surface area contributed by atoms with Crippen LogP contribution in [0.3, 0.4) is 0 Å². The molecule has 2 aliphatic rings. The lowest BCUT2D eigenvalue weighted by molar-refractivity contribution is 0.193. The maximum atomic E-state index is 5.39. The van der Waals surface area contributed by atoms with Crippen molar-refractivity contribution in [3.8, 4) is 0 Å². The molecule has 0 amide bonds. The van der Waals surface area contributed by atoms with Gasteiger partial charge in [0.1, 0.15) is 0 Å². The molecule has 1 unspecified atom stereocenters. The van der Waals surface area contributed by atoms with Crippen LogP contribution in [0.25, 0.3) is 0 Å². The van der Waals surface area contributed by atoms with Crippen LogP contribution >= 0.6 is 11.3 Å². The van der Waals surface area contributed by atoms with Crippen molar-refractivity contribution in [3.63, 3.8) is 0 Å². The third-order valence-electron chi connectivity index (χ3n) is 3.25. The first-order valence-electron chi connectivity index (χ1n) is 5.64. The van der Waals surface area contributed by atoms with Crippen molar-refractivity contribution in [2.24, 2.45) is 5.92 Å². The van der Waals surface area contributed by atoms with Crippen molar-refractivity contribution in [1.29, 1.82) is 0 Å². The van der Waals surface area contributed by atoms with Crippen molar-refractivity contribution < 1.29 is 4.74 Å². The molecule has 0 aromatic carbocycles. The van der Waals surface area contributed by atoms with E-state index in [4.69, 9.17) is 9.72 Å². The van der Waals surface area contributed by atoms with Crippen molar-refractivity contribution >= 4 is 11.3 Å². The second kappa shape index (κ2) is 4.20. The quantitative estimate of drug-likeness (QED) is 0.843. The summed E-state index contributed by atoms with van der Waals surface area (Å²) in [6, 6.07) is 0. The van der Waals surface area contributed by atoms with Crippen molar-refractivity contribution in [2.75, 3.05) is 26.3 Å². The number of nitrogens with zero attached hydrogens (tertiary/aromatic N) is 1. The van der Waals surface area contributed by atoms with E-state index in [2.05, 4.69) is 10.7 Å². The van der Waals surface area contributed by atoms with E-state index in [-0.39, 0.29) is 0 Å². The Bertz CT molecular complexity index is 329. The Morgan fingerprint density at radius 1 is 1.53 bits per heavy atom. The lowest BCUT2D eigenvalue weighted by atomic mass is 10.00. The van der Waals surface area contributed by atoms with Crippen LogP contribution in [0.5, 0.6) is 0 Å². The summed E-state index contributed by atoms with van der Waals surface area (Å²) in [5.41, 5.74) is 1.26. The molecule has 0 aliphatic carbocycles. The number of hydrogen-bond donors (Lipinski definition) is 1. The van der Waals surface area contributed by atoms with Crippen molar-refractivity contribution in [1.82, 2.24) is 10.3 Å². The highest BCUT2D eigenvalue weighted by atomic mass is 32.1. The van der Waals surface area contributed by atoms with Gasteiger partial charge in [0.05, 0.1) is 17.3 Å². The summed E-state index contributed by atoms with van der Waals surface area (Å²) in [6.45, 7) is 4.11. The zero-order valence-corrected chi connectivity index (χ0v) is 9.55. The molecule has 3 heterocycles. The van der Waals surface area contributed by atoms with Crippen LogP contribution in [-0.2, 0) is 11.2 Å². The molecule has 82 valence electrons. The number of hydrogen-bond acceptors (Lipinski definition) is 4. The molecule has 1 atom stereocenters. The number of ether oxygens (including phenoxy) is 1. The van der Waals surface area contributed by atoms with E-state index < -0.39 is 0 Å². The first-order chi connectivity index (χ1) is 7.42. The molecule has 0 radical (unpaired) electrons. The molecule has 0 saturated carbocycles. The number of rotatable bonds is 3. The topological polar surface area (TPSA) is 34.2 Å². The fourth-order valence-electron chi connectivity index (χ4n) is 2.11. The lowest BCUT2D eigenvalue weighted by Crippen LogP contribution is -2.43. The summed E-state index contributed by atoms with van der Waals surface area (Å²) in [7, 11) is 0. The van der Waals surface area contributed by atoms with Gasteiger partial charge in [-0.25, -0.2) is 4.98 Å². The van der Waals surface area contributed by atoms with Gasteiger partial charge in [-0.1, -0.05) is 0 Å². The first kappa shape index (κ1) is 9.75.